The van der Waals surface area contributed by atoms with Gasteiger partial charge in [-0.1, -0.05) is 0 Å². The molecule has 0 radical (unpaired) electrons. The number of rotatable bonds is 4. The van der Waals surface area contributed by atoms with Crippen molar-refractivity contribution in [1.82, 2.24) is 4.98 Å². The summed E-state index contributed by atoms with van der Waals surface area (Å²) in [5.74, 6) is -4.96. The van der Waals surface area contributed by atoms with E-state index in [1.165, 1.54) is 6.92 Å². The molecule has 0 saturated heterocycles. The number of alkyl halides is 3. The van der Waals surface area contributed by atoms with Gasteiger partial charge in [0.05, 0.1) is 6.61 Å². The van der Waals surface area contributed by atoms with Gasteiger partial charge in [-0.3, -0.25) is 0 Å². The zero-order chi connectivity index (χ0) is 15.5. The van der Waals surface area contributed by atoms with E-state index in [-0.39, 0.29) is 12.7 Å². The Balaban J connectivity index is 3.32. The molecule has 0 atom stereocenters. The second-order valence-corrected chi connectivity index (χ2v) is 3.20. The first-order valence-corrected chi connectivity index (χ1v) is 4.97. The SMILES string of the molecule is CCOC(=O)c1nc([N+](=O)[O-])c(OC(F)(F)F)cc1O. The highest BCUT2D eigenvalue weighted by Gasteiger charge is 2.37. The van der Waals surface area contributed by atoms with Crippen molar-refractivity contribution in [2.75, 3.05) is 6.61 Å². The van der Waals surface area contributed by atoms with Gasteiger partial charge >= 0.3 is 23.8 Å². The summed E-state index contributed by atoms with van der Waals surface area (Å²) < 4.78 is 43.9. The van der Waals surface area contributed by atoms with E-state index >= 15 is 0 Å². The standard InChI is InChI=1S/C9H7F3N2O6/c1-2-19-8(16)6-4(15)3-5(20-9(10,11)12)7(13-6)14(17)18/h3,15H,2H2,1H3. The van der Waals surface area contributed by atoms with E-state index in [4.69, 9.17) is 0 Å². The zero-order valence-corrected chi connectivity index (χ0v) is 9.80. The van der Waals surface area contributed by atoms with Gasteiger partial charge in [0.2, 0.25) is 5.75 Å². The lowest BCUT2D eigenvalue weighted by Crippen LogP contribution is -2.19. The van der Waals surface area contributed by atoms with Crippen molar-refractivity contribution in [3.63, 3.8) is 0 Å². The molecule has 0 aliphatic heterocycles. The van der Waals surface area contributed by atoms with Gasteiger partial charge in [-0.2, -0.15) is 0 Å². The van der Waals surface area contributed by atoms with Crippen LogP contribution in [0.1, 0.15) is 17.4 Å². The molecule has 8 nitrogen and oxygen atoms in total. The Morgan fingerprint density at radius 2 is 2.15 bits per heavy atom. The highest BCUT2D eigenvalue weighted by Crippen LogP contribution is 2.34. The average molecular weight is 296 g/mol. The van der Waals surface area contributed by atoms with E-state index in [0.717, 1.165) is 0 Å². The molecule has 0 saturated carbocycles. The summed E-state index contributed by atoms with van der Waals surface area (Å²) in [6, 6.07) is 0.269. The van der Waals surface area contributed by atoms with Crippen LogP contribution < -0.4 is 4.74 Å². The van der Waals surface area contributed by atoms with Crippen LogP contribution in [-0.2, 0) is 4.74 Å². The Bertz CT molecular complexity index is 545. The minimum absolute atomic E-state index is 0.117. The molecule has 110 valence electrons. The van der Waals surface area contributed by atoms with Crippen LogP contribution in [0, 0.1) is 10.1 Å². The fraction of sp³-hybridized carbons (Fsp3) is 0.333. The fourth-order valence-corrected chi connectivity index (χ4v) is 1.16. The first-order chi connectivity index (χ1) is 9.15. The van der Waals surface area contributed by atoms with Crippen LogP contribution in [0.4, 0.5) is 19.0 Å². The molecule has 0 aliphatic rings. The van der Waals surface area contributed by atoms with E-state index in [9.17, 15) is 33.2 Å². The molecule has 1 N–H and O–H groups in total. The maximum absolute atomic E-state index is 12.1. The van der Waals surface area contributed by atoms with Crippen molar-refractivity contribution in [2.24, 2.45) is 0 Å². The number of nitro groups is 1. The lowest BCUT2D eigenvalue weighted by molar-refractivity contribution is -0.393. The van der Waals surface area contributed by atoms with E-state index in [2.05, 4.69) is 14.5 Å². The molecule has 1 aromatic heterocycles. The number of carbonyl (C=O) groups excluding carboxylic acids is 1. The normalized spacial score (nSPS) is 11.0. The van der Waals surface area contributed by atoms with Crippen LogP contribution in [0.5, 0.6) is 11.5 Å². The number of ether oxygens (including phenoxy) is 2. The number of halogens is 3. The first kappa shape index (κ1) is 15.5. The van der Waals surface area contributed by atoms with Gasteiger partial charge in [-0.05, 0) is 16.8 Å². The van der Waals surface area contributed by atoms with Crippen LogP contribution in [0.2, 0.25) is 0 Å². The summed E-state index contributed by atoms with van der Waals surface area (Å²) in [6.45, 7) is 1.30. The summed E-state index contributed by atoms with van der Waals surface area (Å²) in [5.41, 5.74) is -0.881. The number of esters is 1. The van der Waals surface area contributed by atoms with Gasteiger partial charge in [0, 0.05) is 6.07 Å². The van der Waals surface area contributed by atoms with Crippen LogP contribution in [0.3, 0.4) is 0 Å². The Morgan fingerprint density at radius 1 is 1.55 bits per heavy atom. The number of hydrogen-bond donors (Lipinski definition) is 1. The Labute approximate surface area is 108 Å². The van der Waals surface area contributed by atoms with Crippen molar-refractivity contribution in [1.29, 1.82) is 0 Å². The van der Waals surface area contributed by atoms with Crippen molar-refractivity contribution in [3.05, 3.63) is 21.9 Å². The molecule has 0 bridgehead atoms. The molecular weight excluding hydrogens is 289 g/mol. The number of hydrogen-bond acceptors (Lipinski definition) is 7. The molecule has 0 fully saturated rings. The van der Waals surface area contributed by atoms with Gasteiger partial charge in [-0.25, -0.2) is 4.79 Å². The third kappa shape index (κ3) is 3.70. The second kappa shape index (κ2) is 5.59. The van der Waals surface area contributed by atoms with Gasteiger partial charge in [0.25, 0.3) is 0 Å². The molecule has 0 aliphatic carbocycles. The Kier molecular flexibility index (Phi) is 4.32. The van der Waals surface area contributed by atoms with E-state index in [1.807, 2.05) is 0 Å². The smallest absolute Gasteiger partial charge is 0.503 e. The van der Waals surface area contributed by atoms with Crippen LogP contribution in [0.25, 0.3) is 0 Å². The van der Waals surface area contributed by atoms with E-state index in [1.54, 1.807) is 0 Å². The number of pyridine rings is 1. The molecule has 0 unspecified atom stereocenters. The predicted octanol–water partition coefficient (Wildman–Crippen LogP) is 1.77. The summed E-state index contributed by atoms with van der Waals surface area (Å²) in [5, 5.41) is 20.0. The Morgan fingerprint density at radius 3 is 2.60 bits per heavy atom. The summed E-state index contributed by atoms with van der Waals surface area (Å²) >= 11 is 0. The molecule has 1 heterocycles. The van der Waals surface area contributed by atoms with Crippen molar-refractivity contribution >= 4 is 11.8 Å². The summed E-state index contributed by atoms with van der Waals surface area (Å²) in [6.07, 6.45) is -5.22. The third-order valence-corrected chi connectivity index (χ3v) is 1.82. The monoisotopic (exact) mass is 296 g/mol. The van der Waals surface area contributed by atoms with Gasteiger partial charge in [0.15, 0.2) is 5.75 Å². The van der Waals surface area contributed by atoms with Crippen LogP contribution in [-0.4, -0.2) is 34.0 Å². The van der Waals surface area contributed by atoms with Crippen molar-refractivity contribution in [2.45, 2.75) is 13.3 Å². The lowest BCUT2D eigenvalue weighted by Gasteiger charge is -2.09. The molecule has 0 amide bonds. The maximum atomic E-state index is 12.1. The first-order valence-electron chi connectivity index (χ1n) is 4.97. The fourth-order valence-electron chi connectivity index (χ4n) is 1.16. The molecule has 0 spiro atoms. The molecule has 1 rings (SSSR count). The molecular formula is C9H7F3N2O6. The molecule has 0 aromatic carbocycles. The zero-order valence-electron chi connectivity index (χ0n) is 9.80. The van der Waals surface area contributed by atoms with Gasteiger partial charge in [0.1, 0.15) is 0 Å². The minimum Gasteiger partial charge on any atom is -0.503 e. The quantitative estimate of drug-likeness (QED) is 0.512. The molecule has 20 heavy (non-hydrogen) atoms. The average Bonchev–Trinajstić information content (AvgIpc) is 2.26. The highest BCUT2D eigenvalue weighted by atomic mass is 19.4. The largest absolute Gasteiger partial charge is 0.573 e. The van der Waals surface area contributed by atoms with Crippen LogP contribution in [0.15, 0.2) is 6.07 Å². The summed E-state index contributed by atoms with van der Waals surface area (Å²) in [4.78, 5) is 23.7. The minimum atomic E-state index is -5.22. The topological polar surface area (TPSA) is 112 Å². The molecule has 11 heteroatoms. The van der Waals surface area contributed by atoms with Gasteiger partial charge < -0.3 is 24.7 Å². The number of nitrogens with zero attached hydrogens (tertiary/aromatic N) is 2. The molecule has 1 aromatic rings. The number of aromatic nitrogens is 1. The van der Waals surface area contributed by atoms with Crippen molar-refractivity contribution in [3.8, 4) is 11.5 Å². The highest BCUT2D eigenvalue weighted by molar-refractivity contribution is 5.90. The summed E-state index contributed by atoms with van der Waals surface area (Å²) in [7, 11) is 0. The maximum Gasteiger partial charge on any atom is 0.573 e. The Hall–Kier alpha value is -2.59. The lowest BCUT2D eigenvalue weighted by atomic mass is 10.3. The number of carbonyl (C=O) groups is 1. The van der Waals surface area contributed by atoms with E-state index < -0.39 is 40.3 Å². The van der Waals surface area contributed by atoms with Gasteiger partial charge in [-0.15, -0.1) is 13.2 Å². The predicted molar refractivity (Wildman–Crippen MR) is 55.2 cm³/mol. The number of aromatic hydroxyl groups is 1. The van der Waals surface area contributed by atoms with E-state index in [0.29, 0.717) is 0 Å². The third-order valence-electron chi connectivity index (χ3n) is 1.82. The second-order valence-electron chi connectivity index (χ2n) is 3.20. The van der Waals surface area contributed by atoms with Crippen LogP contribution >= 0.6 is 0 Å². The van der Waals surface area contributed by atoms with Crippen molar-refractivity contribution < 1.29 is 37.5 Å².